The van der Waals surface area contributed by atoms with Gasteiger partial charge < -0.3 is 28.6 Å². The van der Waals surface area contributed by atoms with E-state index in [4.69, 9.17) is 38.6 Å². The molecule has 14 nitrogen and oxygen atoms in total. The molecular formula is C45H60FN7O7. The Morgan fingerprint density at radius 2 is 1.70 bits per heavy atom. The highest BCUT2D eigenvalue weighted by Gasteiger charge is 2.54. The van der Waals surface area contributed by atoms with Crippen molar-refractivity contribution in [3.8, 4) is 23.1 Å². The average Bonchev–Trinajstić information content (AvgIpc) is 4.10. The lowest BCUT2D eigenvalue weighted by Crippen LogP contribution is -2.65. The molecule has 6 aliphatic rings. The molecule has 4 aliphatic heterocycles. The van der Waals surface area contributed by atoms with Gasteiger partial charge in [-0.1, -0.05) is 0 Å². The maximum absolute atomic E-state index is 17.9. The number of rotatable bonds is 8. The van der Waals surface area contributed by atoms with Crippen molar-refractivity contribution in [2.24, 2.45) is 5.41 Å². The first-order valence-corrected chi connectivity index (χ1v) is 21.8. The number of ether oxygens (including phenoxy) is 5. The second-order valence-corrected chi connectivity index (χ2v) is 20.0. The molecule has 1 aromatic carbocycles. The molecule has 3 saturated heterocycles. The first-order valence-electron chi connectivity index (χ1n) is 21.8. The molecule has 2 aromatic heterocycles. The number of fused-ring (bicyclic) bond motifs is 5. The van der Waals surface area contributed by atoms with Gasteiger partial charge in [-0.15, -0.1) is 0 Å². The third kappa shape index (κ3) is 7.80. The normalized spacial score (nSPS) is 24.7. The lowest BCUT2D eigenvalue weighted by Gasteiger charge is -2.48. The smallest absolute Gasteiger partial charge is 0.412 e. The number of hydrogen-bond acceptors (Lipinski definition) is 12. The number of amides is 2. The molecule has 0 radical (unpaired) electrons. The van der Waals surface area contributed by atoms with Crippen molar-refractivity contribution in [2.75, 3.05) is 56.2 Å². The number of anilines is 2. The summed E-state index contributed by atoms with van der Waals surface area (Å²) in [5.41, 5.74) is 2.46. The third-order valence-electron chi connectivity index (χ3n) is 12.9. The van der Waals surface area contributed by atoms with Gasteiger partial charge in [-0.2, -0.15) is 9.97 Å². The van der Waals surface area contributed by atoms with E-state index in [0.717, 1.165) is 82.5 Å². The van der Waals surface area contributed by atoms with Crippen LogP contribution in [0.15, 0.2) is 6.07 Å². The van der Waals surface area contributed by atoms with Crippen LogP contribution in [0.2, 0.25) is 0 Å². The Hall–Kier alpha value is -4.50. The van der Waals surface area contributed by atoms with Crippen molar-refractivity contribution >= 4 is 34.6 Å². The van der Waals surface area contributed by atoms with Crippen LogP contribution in [0.25, 0.3) is 22.2 Å². The quantitative estimate of drug-likeness (QED) is 0.236. The summed E-state index contributed by atoms with van der Waals surface area (Å²) in [6.07, 6.45) is 4.09. The molecule has 2 amide bonds. The molecule has 5 fully saturated rings. The van der Waals surface area contributed by atoms with Gasteiger partial charge in [0.25, 0.3) is 0 Å². The summed E-state index contributed by atoms with van der Waals surface area (Å²) in [7, 11) is 0. The van der Waals surface area contributed by atoms with E-state index in [1.54, 1.807) is 0 Å². The highest BCUT2D eigenvalue weighted by atomic mass is 19.1. The van der Waals surface area contributed by atoms with Crippen molar-refractivity contribution < 1.29 is 37.7 Å². The number of carbonyl (C=O) groups is 2. The summed E-state index contributed by atoms with van der Waals surface area (Å²) >= 11 is 0. The van der Waals surface area contributed by atoms with Crippen LogP contribution in [0.3, 0.4) is 0 Å². The molecule has 2 aliphatic carbocycles. The van der Waals surface area contributed by atoms with Gasteiger partial charge in [-0.05, 0) is 130 Å². The number of aromatic nitrogens is 3. The molecule has 2 bridgehead atoms. The van der Waals surface area contributed by atoms with Gasteiger partial charge >= 0.3 is 18.2 Å². The number of piperazine rings is 1. The van der Waals surface area contributed by atoms with Crippen LogP contribution in [0, 0.1) is 25.1 Å². The molecule has 0 unspecified atom stereocenters. The molecule has 15 heteroatoms. The van der Waals surface area contributed by atoms with Crippen molar-refractivity contribution in [1.29, 1.82) is 0 Å². The van der Waals surface area contributed by atoms with Crippen LogP contribution in [-0.2, 0) is 14.2 Å². The predicted molar refractivity (Wildman–Crippen MR) is 225 cm³/mol. The first-order chi connectivity index (χ1) is 28.4. The van der Waals surface area contributed by atoms with Crippen LogP contribution in [0.4, 0.5) is 25.5 Å². The van der Waals surface area contributed by atoms with Crippen LogP contribution < -0.4 is 19.7 Å². The first kappa shape index (κ1) is 40.9. The zero-order chi connectivity index (χ0) is 42.5. The van der Waals surface area contributed by atoms with Gasteiger partial charge in [-0.25, -0.2) is 19.0 Å². The Labute approximate surface area is 351 Å². The Kier molecular flexibility index (Phi) is 10.1. The Morgan fingerprint density at radius 3 is 2.37 bits per heavy atom. The number of benzene rings is 1. The monoisotopic (exact) mass is 829 g/mol. The third-order valence-corrected chi connectivity index (χ3v) is 12.9. The molecule has 6 heterocycles. The van der Waals surface area contributed by atoms with Crippen molar-refractivity contribution in [1.82, 2.24) is 24.8 Å². The molecule has 324 valence electrons. The zero-order valence-electron chi connectivity index (χ0n) is 36.6. The zero-order valence-corrected chi connectivity index (χ0v) is 36.6. The molecule has 4 atom stereocenters. The van der Waals surface area contributed by atoms with Crippen molar-refractivity contribution in [3.05, 3.63) is 28.6 Å². The lowest BCUT2D eigenvalue weighted by atomic mass is 9.89. The molecular weight excluding hydrogens is 770 g/mol. The van der Waals surface area contributed by atoms with Crippen molar-refractivity contribution in [3.63, 3.8) is 0 Å². The minimum atomic E-state index is -0.708. The van der Waals surface area contributed by atoms with Gasteiger partial charge in [-0.3, -0.25) is 15.1 Å². The average molecular weight is 830 g/mol. The van der Waals surface area contributed by atoms with Crippen LogP contribution in [-0.4, -0.2) is 118 Å². The predicted octanol–water partition coefficient (Wildman–Crippen LogP) is 7.90. The van der Waals surface area contributed by atoms with E-state index in [2.05, 4.69) is 15.1 Å². The minimum Gasteiger partial charge on any atom is -0.472 e. The van der Waals surface area contributed by atoms with Gasteiger partial charge in [0.15, 0.2) is 5.82 Å². The fraction of sp³-hybridized carbons (Fsp3) is 0.667. The Bertz CT molecular complexity index is 2210. The molecule has 1 N–H and O–H groups in total. The van der Waals surface area contributed by atoms with E-state index in [-0.39, 0.29) is 58.7 Å². The summed E-state index contributed by atoms with van der Waals surface area (Å²) in [5, 5.41) is 3.31. The van der Waals surface area contributed by atoms with Gasteiger partial charge in [0.1, 0.15) is 39.7 Å². The fourth-order valence-corrected chi connectivity index (χ4v) is 9.91. The molecule has 60 heavy (non-hydrogen) atoms. The highest BCUT2D eigenvalue weighted by Crippen LogP contribution is 2.52. The number of carbonyl (C=O) groups excluding carboxylic acids is 2. The van der Waals surface area contributed by atoms with Crippen LogP contribution >= 0.6 is 0 Å². The number of morpholine rings is 1. The summed E-state index contributed by atoms with van der Waals surface area (Å²) in [4.78, 5) is 48.4. The summed E-state index contributed by atoms with van der Waals surface area (Å²) in [6.45, 7) is 21.9. The van der Waals surface area contributed by atoms with E-state index in [1.807, 2.05) is 73.3 Å². The minimum absolute atomic E-state index is 0.0371. The molecule has 2 saturated carbocycles. The maximum atomic E-state index is 17.9. The SMILES string of the molecule is Cc1cc(NC(=O)OC(C)(C)C)c(C)c(-c2nc3c4c(nc(OCC5(CN6CCOCC6)CC5)nc4c2F)N2C[C@H]4CC[C@@H]([C@H]2[C@H](C)O3)N4C(=O)OC(C)(C)C)c1C1CC1. The van der Waals surface area contributed by atoms with Crippen LogP contribution in [0.1, 0.15) is 110 Å². The van der Waals surface area contributed by atoms with Gasteiger partial charge in [0.2, 0.25) is 5.88 Å². The van der Waals surface area contributed by atoms with Gasteiger partial charge in [0.05, 0.1) is 37.9 Å². The number of aryl methyl sites for hydroxylation is 1. The van der Waals surface area contributed by atoms with E-state index in [1.165, 1.54) is 0 Å². The van der Waals surface area contributed by atoms with E-state index in [9.17, 15) is 9.59 Å². The summed E-state index contributed by atoms with van der Waals surface area (Å²) in [5.74, 6) is 0.321. The van der Waals surface area contributed by atoms with E-state index >= 15 is 4.39 Å². The largest absolute Gasteiger partial charge is 0.472 e. The summed E-state index contributed by atoms with van der Waals surface area (Å²) in [6, 6.07) is 1.30. The number of nitrogens with one attached hydrogen (secondary N) is 1. The Balaban J connectivity index is 1.17. The second kappa shape index (κ2) is 14.8. The number of pyridine rings is 1. The second-order valence-electron chi connectivity index (χ2n) is 20.0. The number of nitrogens with zero attached hydrogens (tertiary/aromatic N) is 6. The highest BCUT2D eigenvalue weighted by molar-refractivity contribution is 5.98. The fourth-order valence-electron chi connectivity index (χ4n) is 9.91. The lowest BCUT2D eigenvalue weighted by molar-refractivity contribution is 0.000917. The molecule has 3 aromatic rings. The van der Waals surface area contributed by atoms with Gasteiger partial charge in [0, 0.05) is 42.8 Å². The molecule has 0 spiro atoms. The van der Waals surface area contributed by atoms with Crippen LogP contribution in [0.5, 0.6) is 11.9 Å². The van der Waals surface area contributed by atoms with E-state index < -0.39 is 29.2 Å². The standard InChI is InChI=1S/C45H60FN7O7/c1-24-20-29(47-41(54)59-43(4,5)6)25(2)32(31(24)27-10-11-27)35-34(46)36-33-38(50-40(49-36)57-23-45(14-15-45)22-51-16-18-56-19-17-51)52-21-28-12-13-30(37(52)26(3)58-39(33)48-35)53(28)42(55)60-44(7,8)9/h20,26-28,30,37H,10-19,21-23H2,1-9H3,(H,47,54)/t26-,28+,30-,37+/m0/s1. The topological polar surface area (TPSA) is 141 Å². The van der Waals surface area contributed by atoms with Crippen molar-refractivity contribution in [2.45, 2.75) is 142 Å². The number of hydrogen-bond donors (Lipinski definition) is 1. The van der Waals surface area contributed by atoms with E-state index in [0.29, 0.717) is 41.2 Å². The Morgan fingerprint density at radius 1 is 0.983 bits per heavy atom. The maximum Gasteiger partial charge on any atom is 0.412 e. The number of halogens is 1. The molecule has 9 rings (SSSR count). The summed E-state index contributed by atoms with van der Waals surface area (Å²) < 4.78 is 48.5.